The largest absolute Gasteiger partial charge is 0.464 e. The third kappa shape index (κ3) is 4.22. The fourth-order valence-electron chi connectivity index (χ4n) is 1.35. The summed E-state index contributed by atoms with van der Waals surface area (Å²) in [5.74, 6) is 0.509. The van der Waals surface area contributed by atoms with Gasteiger partial charge in [0.25, 0.3) is 0 Å². The maximum atomic E-state index is 5.31. The van der Waals surface area contributed by atoms with Crippen LogP contribution in [-0.2, 0) is 0 Å². The normalized spacial score (nSPS) is 10.9. The number of pyridine rings is 1. The topological polar surface area (TPSA) is 26.0 Å². The first-order valence-electron chi connectivity index (χ1n) is 6.64. The van der Waals surface area contributed by atoms with Crippen LogP contribution in [-0.4, -0.2) is 4.98 Å². The zero-order valence-corrected chi connectivity index (χ0v) is 11.9. The Kier molecular flexibility index (Phi) is 8.12. The highest BCUT2D eigenvalue weighted by Crippen LogP contribution is 2.21. The summed E-state index contributed by atoms with van der Waals surface area (Å²) in [6.07, 6.45) is 4.69. The molecule has 2 heterocycles. The lowest BCUT2D eigenvalue weighted by molar-refractivity contribution is 0.612. The summed E-state index contributed by atoms with van der Waals surface area (Å²) in [7, 11) is 0. The Labute approximate surface area is 105 Å². The van der Waals surface area contributed by atoms with E-state index in [4.69, 9.17) is 4.42 Å². The minimum absolute atomic E-state index is 0.509. The molecule has 2 aromatic rings. The van der Waals surface area contributed by atoms with E-state index >= 15 is 0 Å². The Morgan fingerprint density at radius 3 is 2.47 bits per heavy atom. The summed E-state index contributed by atoms with van der Waals surface area (Å²) in [5, 5.41) is 1.08. The Bertz CT molecular complexity index is 406. The molecule has 1 unspecified atom stereocenters. The van der Waals surface area contributed by atoms with E-state index in [2.05, 4.69) is 18.8 Å². The van der Waals surface area contributed by atoms with Crippen LogP contribution >= 0.6 is 0 Å². The second kappa shape index (κ2) is 8.80. The molecule has 0 aliphatic rings. The van der Waals surface area contributed by atoms with Crippen LogP contribution in [0.2, 0.25) is 0 Å². The van der Waals surface area contributed by atoms with Gasteiger partial charge in [0.2, 0.25) is 0 Å². The molecule has 0 spiro atoms. The molecule has 0 bridgehead atoms. The van der Waals surface area contributed by atoms with Gasteiger partial charge in [0.15, 0.2) is 0 Å². The van der Waals surface area contributed by atoms with Crippen molar-refractivity contribution in [3.05, 3.63) is 30.3 Å². The van der Waals surface area contributed by atoms with E-state index in [1.807, 2.05) is 46.0 Å². The number of nitrogens with zero attached hydrogens (tertiary/aromatic N) is 1. The standard InChI is InChI=1S/C11H13NO.2C2H6/c1-3-8(2)10-6-11-9(7-12-10)4-5-13-11;2*1-2/h4-8H,3H2,1-2H3;2*1-2H3. The Balaban J connectivity index is 0.000000581. The van der Waals surface area contributed by atoms with E-state index in [1.165, 1.54) is 0 Å². The zero-order chi connectivity index (χ0) is 13.3. The van der Waals surface area contributed by atoms with Gasteiger partial charge in [-0.15, -0.1) is 0 Å². The van der Waals surface area contributed by atoms with Crippen molar-refractivity contribution in [3.63, 3.8) is 0 Å². The summed E-state index contributed by atoms with van der Waals surface area (Å²) in [6.45, 7) is 12.3. The van der Waals surface area contributed by atoms with Crippen molar-refractivity contribution < 1.29 is 4.42 Å². The summed E-state index contributed by atoms with van der Waals surface area (Å²) in [6, 6.07) is 3.96. The van der Waals surface area contributed by atoms with Crippen LogP contribution in [0, 0.1) is 0 Å². The third-order valence-electron chi connectivity index (χ3n) is 2.48. The molecule has 2 heteroatoms. The maximum Gasteiger partial charge on any atom is 0.137 e. The molecule has 0 fully saturated rings. The second-order valence-corrected chi connectivity index (χ2v) is 3.38. The quantitative estimate of drug-likeness (QED) is 0.697. The minimum atomic E-state index is 0.509. The summed E-state index contributed by atoms with van der Waals surface area (Å²) in [5.41, 5.74) is 2.05. The zero-order valence-electron chi connectivity index (χ0n) is 11.9. The first kappa shape index (κ1) is 15.7. The van der Waals surface area contributed by atoms with Crippen LogP contribution in [0.1, 0.15) is 59.6 Å². The van der Waals surface area contributed by atoms with Crippen molar-refractivity contribution in [3.8, 4) is 0 Å². The van der Waals surface area contributed by atoms with Crippen LogP contribution in [0.4, 0.5) is 0 Å². The van der Waals surface area contributed by atoms with E-state index in [0.29, 0.717) is 5.92 Å². The molecule has 0 aliphatic carbocycles. The van der Waals surface area contributed by atoms with Crippen molar-refractivity contribution in [1.82, 2.24) is 4.98 Å². The molecule has 0 radical (unpaired) electrons. The van der Waals surface area contributed by atoms with Gasteiger partial charge in [-0.3, -0.25) is 4.98 Å². The van der Waals surface area contributed by atoms with Crippen LogP contribution in [0.25, 0.3) is 11.0 Å². The van der Waals surface area contributed by atoms with Crippen molar-refractivity contribution in [2.24, 2.45) is 0 Å². The van der Waals surface area contributed by atoms with Gasteiger partial charge < -0.3 is 4.42 Å². The van der Waals surface area contributed by atoms with Gasteiger partial charge >= 0.3 is 0 Å². The SMILES string of the molecule is CC.CC.CCC(C)c1cc2occc2cn1. The van der Waals surface area contributed by atoms with Gasteiger partial charge in [0.1, 0.15) is 5.58 Å². The lowest BCUT2D eigenvalue weighted by Gasteiger charge is -2.06. The highest BCUT2D eigenvalue weighted by atomic mass is 16.3. The van der Waals surface area contributed by atoms with Gasteiger partial charge in [0, 0.05) is 23.3 Å². The second-order valence-electron chi connectivity index (χ2n) is 3.38. The first-order valence-corrected chi connectivity index (χ1v) is 6.64. The number of hydrogen-bond donors (Lipinski definition) is 0. The molecule has 17 heavy (non-hydrogen) atoms. The van der Waals surface area contributed by atoms with Crippen molar-refractivity contribution >= 4 is 11.0 Å². The third-order valence-corrected chi connectivity index (χ3v) is 2.48. The molecule has 2 aromatic heterocycles. The van der Waals surface area contributed by atoms with E-state index in [-0.39, 0.29) is 0 Å². The number of aromatic nitrogens is 1. The van der Waals surface area contributed by atoms with Gasteiger partial charge in [-0.05, 0) is 18.4 Å². The van der Waals surface area contributed by atoms with Gasteiger partial charge in [-0.2, -0.15) is 0 Å². The highest BCUT2D eigenvalue weighted by molar-refractivity contribution is 5.76. The van der Waals surface area contributed by atoms with Crippen LogP contribution in [0.5, 0.6) is 0 Å². The molecule has 2 nitrogen and oxygen atoms in total. The number of furan rings is 1. The van der Waals surface area contributed by atoms with E-state index in [9.17, 15) is 0 Å². The molecule has 1 atom stereocenters. The lowest BCUT2D eigenvalue weighted by Crippen LogP contribution is -1.93. The number of hydrogen-bond acceptors (Lipinski definition) is 2. The number of rotatable bonds is 2. The van der Waals surface area contributed by atoms with Crippen LogP contribution in [0.3, 0.4) is 0 Å². The fraction of sp³-hybridized carbons (Fsp3) is 0.533. The maximum absolute atomic E-state index is 5.31. The van der Waals surface area contributed by atoms with E-state index in [1.54, 1.807) is 6.26 Å². The average molecular weight is 235 g/mol. The van der Waals surface area contributed by atoms with Gasteiger partial charge in [0.05, 0.1) is 6.26 Å². The van der Waals surface area contributed by atoms with Gasteiger partial charge in [-0.25, -0.2) is 0 Å². The predicted octanol–water partition coefficient (Wildman–Crippen LogP) is 5.39. The van der Waals surface area contributed by atoms with Crippen molar-refractivity contribution in [2.75, 3.05) is 0 Å². The molecule has 0 aromatic carbocycles. The predicted molar refractivity (Wildman–Crippen MR) is 75.4 cm³/mol. The monoisotopic (exact) mass is 235 g/mol. The average Bonchev–Trinajstić information content (AvgIpc) is 2.89. The summed E-state index contributed by atoms with van der Waals surface area (Å²) < 4.78 is 5.31. The Hall–Kier alpha value is -1.31. The molecule has 0 saturated heterocycles. The van der Waals surface area contributed by atoms with Crippen LogP contribution < -0.4 is 0 Å². The molecular formula is C15H25NO. The Morgan fingerprint density at radius 1 is 1.24 bits per heavy atom. The number of fused-ring (bicyclic) bond motifs is 1. The lowest BCUT2D eigenvalue weighted by atomic mass is 10.0. The summed E-state index contributed by atoms with van der Waals surface area (Å²) >= 11 is 0. The first-order chi connectivity index (χ1) is 8.31. The highest BCUT2D eigenvalue weighted by Gasteiger charge is 2.06. The molecule has 0 N–H and O–H groups in total. The molecule has 96 valence electrons. The molecule has 0 saturated carbocycles. The van der Waals surface area contributed by atoms with Gasteiger partial charge in [-0.1, -0.05) is 41.5 Å². The van der Waals surface area contributed by atoms with E-state index in [0.717, 1.165) is 23.1 Å². The fourth-order valence-corrected chi connectivity index (χ4v) is 1.35. The Morgan fingerprint density at radius 2 is 1.88 bits per heavy atom. The van der Waals surface area contributed by atoms with Crippen molar-refractivity contribution in [2.45, 2.75) is 53.9 Å². The molecule has 0 aliphatic heterocycles. The van der Waals surface area contributed by atoms with Crippen molar-refractivity contribution in [1.29, 1.82) is 0 Å². The van der Waals surface area contributed by atoms with Crippen LogP contribution in [0.15, 0.2) is 29.0 Å². The molecule has 2 rings (SSSR count). The van der Waals surface area contributed by atoms with E-state index < -0.39 is 0 Å². The smallest absolute Gasteiger partial charge is 0.137 e. The minimum Gasteiger partial charge on any atom is -0.464 e. The molecule has 0 amide bonds. The molecular weight excluding hydrogens is 210 g/mol. The summed E-state index contributed by atoms with van der Waals surface area (Å²) in [4.78, 5) is 4.39.